The molecule has 0 aliphatic carbocycles. The van der Waals surface area contributed by atoms with E-state index in [1.807, 2.05) is 0 Å². The number of piperidine rings is 1. The number of nitriles is 1. The Hall–Kier alpha value is -1.96. The van der Waals surface area contributed by atoms with Gasteiger partial charge in [-0.1, -0.05) is 0 Å². The minimum Gasteiger partial charge on any atom is -0.336 e. The lowest BCUT2D eigenvalue weighted by Gasteiger charge is -2.29. The fourth-order valence-corrected chi connectivity index (χ4v) is 1.93. The summed E-state index contributed by atoms with van der Waals surface area (Å²) in [6.45, 7) is 1.07. The van der Waals surface area contributed by atoms with Crippen molar-refractivity contribution in [1.29, 1.82) is 5.26 Å². The molecular formula is C12H12FN3O. The van der Waals surface area contributed by atoms with Gasteiger partial charge in [0, 0.05) is 13.1 Å². The van der Waals surface area contributed by atoms with Gasteiger partial charge in [0.1, 0.15) is 11.5 Å². The highest BCUT2D eigenvalue weighted by Gasteiger charge is 2.24. The Labute approximate surface area is 98.7 Å². The third kappa shape index (κ3) is 2.59. The minimum absolute atomic E-state index is 0.104. The number of carbonyl (C=O) groups is 1. The molecule has 1 amide bonds. The van der Waals surface area contributed by atoms with Crippen molar-refractivity contribution in [3.63, 3.8) is 0 Å². The molecule has 0 bridgehead atoms. The molecule has 0 radical (unpaired) electrons. The van der Waals surface area contributed by atoms with Gasteiger partial charge in [0.15, 0.2) is 0 Å². The van der Waals surface area contributed by atoms with Crippen LogP contribution in [0, 0.1) is 23.1 Å². The molecule has 2 heterocycles. The summed E-state index contributed by atoms with van der Waals surface area (Å²) in [5.74, 6) is -0.798. The van der Waals surface area contributed by atoms with Gasteiger partial charge in [-0.05, 0) is 25.0 Å². The van der Waals surface area contributed by atoms with Gasteiger partial charge >= 0.3 is 0 Å². The number of halogens is 1. The number of nitrogens with zero attached hydrogens (tertiary/aromatic N) is 3. The molecule has 1 fully saturated rings. The van der Waals surface area contributed by atoms with Crippen LogP contribution in [0.5, 0.6) is 0 Å². The molecule has 0 spiro atoms. The first-order valence-electron chi connectivity index (χ1n) is 5.51. The highest BCUT2D eigenvalue weighted by molar-refractivity contribution is 5.92. The summed E-state index contributed by atoms with van der Waals surface area (Å²) in [5.41, 5.74) is 0.227. The molecule has 4 nitrogen and oxygen atoms in total. The molecule has 5 heteroatoms. The molecule has 1 atom stereocenters. The van der Waals surface area contributed by atoms with Crippen molar-refractivity contribution in [2.45, 2.75) is 12.8 Å². The van der Waals surface area contributed by atoms with E-state index in [4.69, 9.17) is 5.26 Å². The fourth-order valence-electron chi connectivity index (χ4n) is 1.93. The first kappa shape index (κ1) is 11.5. The van der Waals surface area contributed by atoms with Crippen molar-refractivity contribution in [2.75, 3.05) is 13.1 Å². The summed E-state index contributed by atoms with van der Waals surface area (Å²) < 4.78 is 12.7. The van der Waals surface area contributed by atoms with Gasteiger partial charge in [0.25, 0.3) is 5.91 Å². The second kappa shape index (κ2) is 4.91. The summed E-state index contributed by atoms with van der Waals surface area (Å²) in [6, 6.07) is 4.76. The van der Waals surface area contributed by atoms with Crippen LogP contribution >= 0.6 is 0 Å². The number of pyridine rings is 1. The Bertz CT molecular complexity index is 452. The third-order valence-electron chi connectivity index (χ3n) is 2.84. The maximum atomic E-state index is 12.7. The zero-order chi connectivity index (χ0) is 12.3. The first-order valence-corrected chi connectivity index (χ1v) is 5.51. The Morgan fingerprint density at radius 3 is 3.06 bits per heavy atom. The Morgan fingerprint density at radius 1 is 1.59 bits per heavy atom. The van der Waals surface area contributed by atoms with Gasteiger partial charge in [-0.2, -0.15) is 5.26 Å². The van der Waals surface area contributed by atoms with Crippen LogP contribution in [-0.2, 0) is 0 Å². The van der Waals surface area contributed by atoms with Crippen molar-refractivity contribution < 1.29 is 9.18 Å². The number of carbonyl (C=O) groups excluding carboxylic acids is 1. The van der Waals surface area contributed by atoms with Crippen LogP contribution in [0.1, 0.15) is 23.3 Å². The molecule has 0 aromatic carbocycles. The molecule has 0 saturated carbocycles. The van der Waals surface area contributed by atoms with Gasteiger partial charge in [-0.25, -0.2) is 9.37 Å². The predicted octanol–water partition coefficient (Wildman–Crippen LogP) is 1.60. The van der Waals surface area contributed by atoms with Crippen LogP contribution in [0.2, 0.25) is 0 Å². The predicted molar refractivity (Wildman–Crippen MR) is 58.4 cm³/mol. The molecule has 17 heavy (non-hydrogen) atoms. The van der Waals surface area contributed by atoms with E-state index in [1.54, 1.807) is 4.90 Å². The topological polar surface area (TPSA) is 57.0 Å². The summed E-state index contributed by atoms with van der Waals surface area (Å²) in [6.07, 6.45) is 2.68. The number of rotatable bonds is 1. The normalized spacial score (nSPS) is 19.8. The average molecular weight is 233 g/mol. The molecule has 0 N–H and O–H groups in total. The summed E-state index contributed by atoms with van der Waals surface area (Å²) in [7, 11) is 0. The summed E-state index contributed by atoms with van der Waals surface area (Å²) in [5, 5.41) is 8.84. The number of amides is 1. The van der Waals surface area contributed by atoms with Crippen molar-refractivity contribution in [1.82, 2.24) is 9.88 Å². The van der Waals surface area contributed by atoms with E-state index >= 15 is 0 Å². The smallest absolute Gasteiger partial charge is 0.272 e. The van der Waals surface area contributed by atoms with Crippen LogP contribution in [0.25, 0.3) is 0 Å². The second-order valence-corrected chi connectivity index (χ2v) is 4.08. The van der Waals surface area contributed by atoms with Crippen LogP contribution in [0.4, 0.5) is 4.39 Å². The van der Waals surface area contributed by atoms with Gasteiger partial charge in [-0.15, -0.1) is 0 Å². The maximum Gasteiger partial charge on any atom is 0.272 e. The zero-order valence-electron chi connectivity index (χ0n) is 9.27. The fraction of sp³-hybridized carbons (Fsp3) is 0.417. The van der Waals surface area contributed by atoms with E-state index in [-0.39, 0.29) is 17.5 Å². The molecule has 1 aliphatic rings. The highest BCUT2D eigenvalue weighted by atomic mass is 19.1. The van der Waals surface area contributed by atoms with E-state index in [1.165, 1.54) is 12.1 Å². The quantitative estimate of drug-likeness (QED) is 0.740. The third-order valence-corrected chi connectivity index (χ3v) is 2.84. The van der Waals surface area contributed by atoms with Crippen molar-refractivity contribution in [3.05, 3.63) is 29.8 Å². The first-order chi connectivity index (χ1) is 8.20. The molecule has 1 aliphatic heterocycles. The maximum absolute atomic E-state index is 12.7. The SMILES string of the molecule is N#CC1CCCN(C(=O)c2ccc(F)cn2)C1. The zero-order valence-corrected chi connectivity index (χ0v) is 9.27. The number of hydrogen-bond acceptors (Lipinski definition) is 3. The second-order valence-electron chi connectivity index (χ2n) is 4.08. The molecular weight excluding hydrogens is 221 g/mol. The van der Waals surface area contributed by atoms with Crippen molar-refractivity contribution >= 4 is 5.91 Å². The van der Waals surface area contributed by atoms with Crippen molar-refractivity contribution in [2.24, 2.45) is 5.92 Å². The molecule has 1 unspecified atom stereocenters. The Morgan fingerprint density at radius 2 is 2.41 bits per heavy atom. The lowest BCUT2D eigenvalue weighted by atomic mass is 9.99. The van der Waals surface area contributed by atoms with E-state index in [2.05, 4.69) is 11.1 Å². The molecule has 1 aromatic heterocycles. The molecule has 2 rings (SSSR count). The van der Waals surface area contributed by atoms with Crippen molar-refractivity contribution in [3.8, 4) is 6.07 Å². The number of likely N-dealkylation sites (tertiary alicyclic amines) is 1. The number of hydrogen-bond donors (Lipinski definition) is 0. The van der Waals surface area contributed by atoms with E-state index < -0.39 is 5.82 Å². The average Bonchev–Trinajstić information content (AvgIpc) is 2.39. The highest BCUT2D eigenvalue weighted by Crippen LogP contribution is 2.17. The van der Waals surface area contributed by atoms with Gasteiger partial charge in [0.05, 0.1) is 18.2 Å². The van der Waals surface area contributed by atoms with Crippen LogP contribution in [0.3, 0.4) is 0 Å². The van der Waals surface area contributed by atoms with Crippen LogP contribution < -0.4 is 0 Å². The van der Waals surface area contributed by atoms with Gasteiger partial charge in [0.2, 0.25) is 0 Å². The summed E-state index contributed by atoms with van der Waals surface area (Å²) >= 11 is 0. The van der Waals surface area contributed by atoms with Crippen LogP contribution in [-0.4, -0.2) is 28.9 Å². The molecule has 1 aromatic rings. The Kier molecular flexibility index (Phi) is 3.33. The van der Waals surface area contributed by atoms with Gasteiger partial charge < -0.3 is 4.90 Å². The molecule has 1 saturated heterocycles. The minimum atomic E-state index is -0.463. The molecule has 88 valence electrons. The van der Waals surface area contributed by atoms with Gasteiger partial charge in [-0.3, -0.25) is 4.79 Å². The summed E-state index contributed by atoms with van der Waals surface area (Å²) in [4.78, 5) is 17.4. The van der Waals surface area contributed by atoms with E-state index in [0.29, 0.717) is 13.1 Å². The van der Waals surface area contributed by atoms with E-state index in [9.17, 15) is 9.18 Å². The van der Waals surface area contributed by atoms with E-state index in [0.717, 1.165) is 19.0 Å². The lowest BCUT2D eigenvalue weighted by molar-refractivity contribution is 0.0692. The lowest BCUT2D eigenvalue weighted by Crippen LogP contribution is -2.39. The largest absolute Gasteiger partial charge is 0.336 e. The standard InChI is InChI=1S/C12H12FN3O/c13-10-3-4-11(15-7-10)12(17)16-5-1-2-9(6-14)8-16/h3-4,7,9H,1-2,5,8H2. The van der Waals surface area contributed by atoms with Crippen LogP contribution in [0.15, 0.2) is 18.3 Å². The Balaban J connectivity index is 2.09. The number of aromatic nitrogens is 1. The monoisotopic (exact) mass is 233 g/mol.